The molecule has 1 unspecified atom stereocenters. The van der Waals surface area contributed by atoms with Crippen LogP contribution in [0.2, 0.25) is 0 Å². The zero-order valence-corrected chi connectivity index (χ0v) is 16.5. The van der Waals surface area contributed by atoms with Gasteiger partial charge in [0, 0.05) is 39.0 Å². The maximum atomic E-state index is 12.4. The van der Waals surface area contributed by atoms with Gasteiger partial charge in [0.05, 0.1) is 11.8 Å². The average Bonchev–Trinajstić information content (AvgIpc) is 2.66. The number of sulfone groups is 1. The van der Waals surface area contributed by atoms with Gasteiger partial charge < -0.3 is 10.6 Å². The van der Waals surface area contributed by atoms with E-state index in [1.165, 1.54) is 16.3 Å². The molecule has 2 aromatic carbocycles. The van der Waals surface area contributed by atoms with Crippen molar-refractivity contribution in [1.82, 2.24) is 9.80 Å². The largest absolute Gasteiger partial charge is 0.339 e. The summed E-state index contributed by atoms with van der Waals surface area (Å²) in [6, 6.07) is 14.0. The van der Waals surface area contributed by atoms with Gasteiger partial charge in [-0.15, -0.1) is 0 Å². The van der Waals surface area contributed by atoms with Crippen LogP contribution in [0.5, 0.6) is 0 Å². The van der Waals surface area contributed by atoms with Crippen molar-refractivity contribution in [3.63, 3.8) is 0 Å². The van der Waals surface area contributed by atoms with Crippen molar-refractivity contribution in [1.29, 1.82) is 0 Å². The fraction of sp³-hybridized carbons (Fsp3) is 0.450. The second-order valence-electron chi connectivity index (χ2n) is 7.26. The highest BCUT2D eigenvalue weighted by Crippen LogP contribution is 2.20. The second-order valence-corrected chi connectivity index (χ2v) is 9.52. The third kappa shape index (κ3) is 5.28. The normalized spacial score (nSPS) is 17.2. The fourth-order valence-electron chi connectivity index (χ4n) is 3.50. The minimum Gasteiger partial charge on any atom is -0.339 e. The molecule has 1 amide bonds. The summed E-state index contributed by atoms with van der Waals surface area (Å²) in [5, 5.41) is 2.50. The molecule has 0 bridgehead atoms. The van der Waals surface area contributed by atoms with Crippen molar-refractivity contribution in [3.8, 4) is 0 Å². The zero-order valence-electron chi connectivity index (χ0n) is 15.7. The Labute approximate surface area is 160 Å². The molecule has 1 heterocycles. The highest BCUT2D eigenvalue weighted by molar-refractivity contribution is 7.90. The van der Waals surface area contributed by atoms with Crippen molar-refractivity contribution in [3.05, 3.63) is 48.0 Å². The third-order valence-corrected chi connectivity index (χ3v) is 6.05. The van der Waals surface area contributed by atoms with E-state index in [4.69, 9.17) is 5.73 Å². The van der Waals surface area contributed by atoms with Crippen LogP contribution in [0.1, 0.15) is 12.0 Å². The van der Waals surface area contributed by atoms with Gasteiger partial charge in [-0.2, -0.15) is 0 Å². The maximum absolute atomic E-state index is 12.4. The summed E-state index contributed by atoms with van der Waals surface area (Å²) in [4.78, 5) is 16.5. The van der Waals surface area contributed by atoms with Crippen LogP contribution in [0.4, 0.5) is 0 Å². The first kappa shape index (κ1) is 19.8. The number of amides is 1. The van der Waals surface area contributed by atoms with Crippen LogP contribution in [0.3, 0.4) is 0 Å². The van der Waals surface area contributed by atoms with Gasteiger partial charge in [0.2, 0.25) is 5.91 Å². The Balaban J connectivity index is 1.55. The number of fused-ring (bicyclic) bond motifs is 1. The van der Waals surface area contributed by atoms with Gasteiger partial charge in [0.1, 0.15) is 9.84 Å². The molecule has 6 nitrogen and oxygen atoms in total. The number of piperazine rings is 1. The Kier molecular flexibility index (Phi) is 6.14. The van der Waals surface area contributed by atoms with Crippen molar-refractivity contribution in [2.24, 2.45) is 5.73 Å². The molecule has 27 heavy (non-hydrogen) atoms. The van der Waals surface area contributed by atoms with E-state index in [2.05, 4.69) is 41.3 Å². The summed E-state index contributed by atoms with van der Waals surface area (Å²) in [5.74, 6) is -0.204. The van der Waals surface area contributed by atoms with Crippen LogP contribution in [0.25, 0.3) is 10.8 Å². The fourth-order valence-corrected chi connectivity index (χ4v) is 4.18. The molecule has 1 aliphatic heterocycles. The molecular formula is C20H27N3O3S. The molecular weight excluding hydrogens is 362 g/mol. The van der Waals surface area contributed by atoms with Gasteiger partial charge in [0.25, 0.3) is 0 Å². The Hall–Kier alpha value is -1.96. The average molecular weight is 390 g/mol. The summed E-state index contributed by atoms with van der Waals surface area (Å²) < 4.78 is 22.5. The predicted molar refractivity (Wildman–Crippen MR) is 108 cm³/mol. The Bertz CT molecular complexity index is 900. The quantitative estimate of drug-likeness (QED) is 0.804. The highest BCUT2D eigenvalue weighted by atomic mass is 32.2. The molecule has 1 fully saturated rings. The number of hydrogen-bond acceptors (Lipinski definition) is 5. The maximum Gasteiger partial charge on any atom is 0.239 e. The van der Waals surface area contributed by atoms with Gasteiger partial charge in [-0.05, 0) is 22.8 Å². The summed E-state index contributed by atoms with van der Waals surface area (Å²) in [7, 11) is -3.10. The van der Waals surface area contributed by atoms with Crippen LogP contribution in [-0.2, 0) is 21.2 Å². The molecule has 7 heteroatoms. The number of benzene rings is 2. The van der Waals surface area contributed by atoms with Gasteiger partial charge in [0.15, 0.2) is 0 Å². The lowest BCUT2D eigenvalue weighted by Gasteiger charge is -2.36. The molecule has 2 N–H and O–H groups in total. The van der Waals surface area contributed by atoms with E-state index in [-0.39, 0.29) is 18.1 Å². The van der Waals surface area contributed by atoms with Crippen molar-refractivity contribution in [2.75, 3.05) is 38.2 Å². The van der Waals surface area contributed by atoms with Gasteiger partial charge >= 0.3 is 0 Å². The minimum atomic E-state index is -3.10. The first-order valence-electron chi connectivity index (χ1n) is 9.24. The van der Waals surface area contributed by atoms with Crippen LogP contribution in [0.15, 0.2) is 42.5 Å². The van der Waals surface area contributed by atoms with Gasteiger partial charge in [-0.1, -0.05) is 42.5 Å². The molecule has 3 rings (SSSR count). The molecule has 1 atom stereocenters. The number of carbonyl (C=O) groups is 1. The number of carbonyl (C=O) groups excluding carboxylic acids is 1. The van der Waals surface area contributed by atoms with E-state index < -0.39 is 15.9 Å². The van der Waals surface area contributed by atoms with Crippen LogP contribution < -0.4 is 5.73 Å². The summed E-state index contributed by atoms with van der Waals surface area (Å²) in [6.07, 6.45) is 1.34. The molecule has 146 valence electrons. The molecule has 0 spiro atoms. The van der Waals surface area contributed by atoms with Crippen LogP contribution in [-0.4, -0.2) is 68.4 Å². The molecule has 0 radical (unpaired) electrons. The molecule has 0 aliphatic carbocycles. The van der Waals surface area contributed by atoms with Gasteiger partial charge in [-0.25, -0.2) is 8.42 Å². The van der Waals surface area contributed by atoms with E-state index >= 15 is 0 Å². The van der Waals surface area contributed by atoms with E-state index in [1.54, 1.807) is 4.90 Å². The molecule has 0 saturated carbocycles. The minimum absolute atomic E-state index is 0.0546. The van der Waals surface area contributed by atoms with E-state index in [9.17, 15) is 13.2 Å². The zero-order chi connectivity index (χ0) is 19.4. The number of nitrogens with zero attached hydrogens (tertiary/aromatic N) is 2. The van der Waals surface area contributed by atoms with E-state index in [0.717, 1.165) is 25.9 Å². The Morgan fingerprint density at radius 3 is 2.44 bits per heavy atom. The Morgan fingerprint density at radius 1 is 1.07 bits per heavy atom. The molecule has 2 aromatic rings. The summed E-state index contributed by atoms with van der Waals surface area (Å²) in [5.41, 5.74) is 7.20. The third-order valence-electron chi connectivity index (χ3n) is 5.07. The monoisotopic (exact) mass is 389 g/mol. The Morgan fingerprint density at radius 2 is 1.74 bits per heavy atom. The SMILES string of the molecule is CS(=O)(=O)CCC(N)C(=O)N1CCN(Cc2cccc3ccccc23)CC1. The first-order valence-corrected chi connectivity index (χ1v) is 11.3. The highest BCUT2D eigenvalue weighted by Gasteiger charge is 2.26. The number of hydrogen-bond donors (Lipinski definition) is 1. The van der Waals surface area contributed by atoms with Gasteiger partial charge in [-0.3, -0.25) is 9.69 Å². The topological polar surface area (TPSA) is 83.7 Å². The number of rotatable bonds is 6. The summed E-state index contributed by atoms with van der Waals surface area (Å²) in [6.45, 7) is 3.66. The van der Waals surface area contributed by atoms with E-state index in [1.807, 2.05) is 6.07 Å². The van der Waals surface area contributed by atoms with Crippen molar-refractivity contribution < 1.29 is 13.2 Å². The predicted octanol–water partition coefficient (Wildman–Crippen LogP) is 1.25. The molecule has 1 aliphatic rings. The molecule has 1 saturated heterocycles. The van der Waals surface area contributed by atoms with Crippen molar-refractivity contribution in [2.45, 2.75) is 19.0 Å². The lowest BCUT2D eigenvalue weighted by Crippen LogP contribution is -2.53. The van der Waals surface area contributed by atoms with Crippen LogP contribution >= 0.6 is 0 Å². The lowest BCUT2D eigenvalue weighted by molar-refractivity contribution is -0.134. The standard InChI is InChI=1S/C20H27N3O3S/c1-27(25,26)14-9-19(21)20(24)23-12-10-22(11-13-23)15-17-7-4-6-16-5-2-3-8-18(16)17/h2-8,19H,9-15,21H2,1H3. The second kappa shape index (κ2) is 8.37. The lowest BCUT2D eigenvalue weighted by atomic mass is 10.0. The first-order chi connectivity index (χ1) is 12.8. The van der Waals surface area contributed by atoms with Crippen LogP contribution in [0, 0.1) is 0 Å². The summed E-state index contributed by atoms with van der Waals surface area (Å²) >= 11 is 0. The number of nitrogens with two attached hydrogens (primary N) is 1. The molecule has 0 aromatic heterocycles. The van der Waals surface area contributed by atoms with E-state index in [0.29, 0.717) is 13.1 Å². The smallest absolute Gasteiger partial charge is 0.239 e. The van der Waals surface area contributed by atoms with Crippen molar-refractivity contribution >= 4 is 26.5 Å².